The van der Waals surface area contributed by atoms with E-state index in [9.17, 15) is 9.59 Å². The number of aromatic nitrogens is 1. The number of hydrogen-bond donors (Lipinski definition) is 0. The Morgan fingerprint density at radius 1 is 1.07 bits per heavy atom. The molecule has 0 aliphatic rings. The molecule has 1 atom stereocenters. The predicted molar refractivity (Wildman–Crippen MR) is 108 cm³/mol. The number of nitrogens with zero attached hydrogens (tertiary/aromatic N) is 1. The first-order chi connectivity index (χ1) is 13.2. The van der Waals surface area contributed by atoms with Crippen LogP contribution in [-0.4, -0.2) is 23.3 Å². The number of rotatable bonds is 8. The summed E-state index contributed by atoms with van der Waals surface area (Å²) in [6.45, 7) is 2.13. The molecule has 6 heteroatoms. The van der Waals surface area contributed by atoms with E-state index in [4.69, 9.17) is 4.74 Å². The quantitative estimate of drug-likeness (QED) is 0.305. The van der Waals surface area contributed by atoms with Crippen molar-refractivity contribution < 1.29 is 14.3 Å². The second kappa shape index (κ2) is 9.48. The van der Waals surface area contributed by atoms with Gasteiger partial charge in [0.05, 0.1) is 24.0 Å². The molecule has 2 aromatic carbocycles. The van der Waals surface area contributed by atoms with Crippen molar-refractivity contribution in [2.75, 3.05) is 6.61 Å². The molecule has 0 aliphatic heterocycles. The van der Waals surface area contributed by atoms with Gasteiger partial charge in [-0.25, -0.2) is 4.98 Å². The van der Waals surface area contributed by atoms with E-state index in [2.05, 4.69) is 4.98 Å². The second-order valence-corrected chi connectivity index (χ2v) is 7.94. The molecule has 27 heavy (non-hydrogen) atoms. The van der Waals surface area contributed by atoms with Crippen molar-refractivity contribution in [3.8, 4) is 0 Å². The van der Waals surface area contributed by atoms with Crippen LogP contribution >= 0.6 is 23.1 Å². The minimum absolute atomic E-state index is 0.0361. The van der Waals surface area contributed by atoms with Crippen molar-refractivity contribution in [2.45, 2.75) is 22.9 Å². The number of ketones is 1. The van der Waals surface area contributed by atoms with E-state index >= 15 is 0 Å². The number of Topliss-reactive ketones (excluding diaryl/α,β-unsaturated/α-hetero) is 1. The van der Waals surface area contributed by atoms with Crippen LogP contribution in [0.25, 0.3) is 0 Å². The molecule has 3 rings (SSSR count). The van der Waals surface area contributed by atoms with Gasteiger partial charge in [-0.2, -0.15) is 0 Å². The number of carbonyl (C=O) groups excluding carboxylic acids is 2. The monoisotopic (exact) mass is 397 g/mol. The first-order valence-electron chi connectivity index (χ1n) is 8.58. The molecule has 4 nitrogen and oxygen atoms in total. The average molecular weight is 398 g/mol. The molecule has 1 heterocycles. The Labute approximate surface area is 166 Å². The summed E-state index contributed by atoms with van der Waals surface area (Å²) in [7, 11) is 0. The highest BCUT2D eigenvalue weighted by atomic mass is 32.2. The van der Waals surface area contributed by atoms with Crippen molar-refractivity contribution in [2.24, 2.45) is 0 Å². The highest BCUT2D eigenvalue weighted by Crippen LogP contribution is 2.39. The summed E-state index contributed by atoms with van der Waals surface area (Å²) in [5, 5.41) is 1.45. The van der Waals surface area contributed by atoms with Crippen LogP contribution in [-0.2, 0) is 16.0 Å². The standard InChI is InChI=1S/C21H19NO3S2/c1-2-25-18(23)13-17-14-26-21(22-17)27-20(16-11-7-4-8-12-16)19(24)15-9-5-3-6-10-15/h3-12,14,20H,2,13H2,1H3/t20-/m0/s1. The van der Waals surface area contributed by atoms with Crippen LogP contribution in [0.2, 0.25) is 0 Å². The Kier molecular flexibility index (Phi) is 6.79. The van der Waals surface area contributed by atoms with Crippen LogP contribution in [0.1, 0.15) is 33.8 Å². The van der Waals surface area contributed by atoms with Crippen molar-refractivity contribution >= 4 is 34.9 Å². The maximum atomic E-state index is 13.1. The average Bonchev–Trinajstić information content (AvgIpc) is 3.14. The molecule has 138 valence electrons. The van der Waals surface area contributed by atoms with Crippen LogP contribution in [0.15, 0.2) is 70.4 Å². The molecular formula is C21H19NO3S2. The van der Waals surface area contributed by atoms with E-state index < -0.39 is 5.25 Å². The molecule has 0 bridgehead atoms. The molecule has 0 amide bonds. The van der Waals surface area contributed by atoms with Gasteiger partial charge >= 0.3 is 5.97 Å². The summed E-state index contributed by atoms with van der Waals surface area (Å²) in [4.78, 5) is 29.2. The van der Waals surface area contributed by atoms with Crippen molar-refractivity contribution in [1.29, 1.82) is 0 Å². The van der Waals surface area contributed by atoms with Gasteiger partial charge in [0.2, 0.25) is 0 Å². The van der Waals surface area contributed by atoms with Crippen molar-refractivity contribution in [3.63, 3.8) is 0 Å². The molecule has 0 radical (unpaired) electrons. The number of carbonyl (C=O) groups is 2. The topological polar surface area (TPSA) is 56.3 Å². The number of esters is 1. The number of thiazole rings is 1. The lowest BCUT2D eigenvalue weighted by molar-refractivity contribution is -0.142. The predicted octanol–water partition coefficient (Wildman–Crippen LogP) is 4.97. The maximum absolute atomic E-state index is 13.1. The van der Waals surface area contributed by atoms with Crippen LogP contribution in [0.5, 0.6) is 0 Å². The maximum Gasteiger partial charge on any atom is 0.311 e. The third kappa shape index (κ3) is 5.28. The fourth-order valence-corrected chi connectivity index (χ4v) is 4.65. The van der Waals surface area contributed by atoms with Crippen LogP contribution in [0.4, 0.5) is 0 Å². The zero-order valence-corrected chi connectivity index (χ0v) is 16.5. The van der Waals surface area contributed by atoms with Gasteiger partial charge in [-0.05, 0) is 12.5 Å². The summed E-state index contributed by atoms with van der Waals surface area (Å²) in [5.41, 5.74) is 2.26. The second-order valence-electron chi connectivity index (χ2n) is 5.73. The number of thioether (sulfide) groups is 1. The Bertz CT molecular complexity index is 894. The van der Waals surface area contributed by atoms with Gasteiger partial charge in [-0.1, -0.05) is 72.4 Å². The highest BCUT2D eigenvalue weighted by Gasteiger charge is 2.24. The van der Waals surface area contributed by atoms with Gasteiger partial charge in [0, 0.05) is 10.9 Å². The van der Waals surface area contributed by atoms with E-state index in [1.54, 1.807) is 6.92 Å². The largest absolute Gasteiger partial charge is 0.466 e. The van der Waals surface area contributed by atoms with E-state index in [0.717, 1.165) is 9.90 Å². The normalized spacial score (nSPS) is 11.7. The Balaban J connectivity index is 1.81. The minimum Gasteiger partial charge on any atom is -0.466 e. The number of ether oxygens (including phenoxy) is 1. The fraction of sp³-hybridized carbons (Fsp3) is 0.190. The summed E-state index contributed by atoms with van der Waals surface area (Å²) in [6.07, 6.45) is 0.146. The Hall–Kier alpha value is -2.44. The molecule has 0 aliphatic carbocycles. The molecule has 0 unspecified atom stereocenters. The molecule has 0 spiro atoms. The van der Waals surface area contributed by atoms with E-state index in [1.165, 1.54) is 23.1 Å². The minimum atomic E-state index is -0.393. The smallest absolute Gasteiger partial charge is 0.311 e. The first-order valence-corrected chi connectivity index (χ1v) is 10.3. The van der Waals surface area contributed by atoms with Gasteiger partial charge in [0.15, 0.2) is 10.1 Å². The van der Waals surface area contributed by atoms with Gasteiger partial charge in [0.25, 0.3) is 0 Å². The summed E-state index contributed by atoms with van der Waals surface area (Å²) in [6, 6.07) is 19.0. The summed E-state index contributed by atoms with van der Waals surface area (Å²) < 4.78 is 5.72. The lowest BCUT2D eigenvalue weighted by Gasteiger charge is -2.14. The Morgan fingerprint density at radius 2 is 1.74 bits per heavy atom. The van der Waals surface area contributed by atoms with Crippen LogP contribution in [0.3, 0.4) is 0 Å². The first kappa shape index (κ1) is 19.3. The van der Waals surface area contributed by atoms with Gasteiger partial charge in [-0.3, -0.25) is 9.59 Å². The SMILES string of the molecule is CCOC(=O)Cc1csc(S[C@H](C(=O)c2ccccc2)c2ccccc2)n1. The third-order valence-electron chi connectivity index (χ3n) is 3.78. The van der Waals surface area contributed by atoms with Crippen molar-refractivity contribution in [3.05, 3.63) is 82.9 Å². The fourth-order valence-electron chi connectivity index (χ4n) is 2.54. The third-order valence-corrected chi connectivity index (χ3v) is 6.05. The number of benzene rings is 2. The molecular weight excluding hydrogens is 378 g/mol. The van der Waals surface area contributed by atoms with E-state index in [-0.39, 0.29) is 18.2 Å². The zero-order valence-electron chi connectivity index (χ0n) is 14.8. The summed E-state index contributed by atoms with van der Waals surface area (Å²) in [5.74, 6) is -0.256. The molecule has 0 fully saturated rings. The zero-order chi connectivity index (χ0) is 19.1. The summed E-state index contributed by atoms with van der Waals surface area (Å²) >= 11 is 2.85. The van der Waals surface area contributed by atoms with Crippen LogP contribution in [0, 0.1) is 0 Å². The lowest BCUT2D eigenvalue weighted by Crippen LogP contribution is -2.10. The van der Waals surface area contributed by atoms with E-state index in [0.29, 0.717) is 17.9 Å². The van der Waals surface area contributed by atoms with Gasteiger partial charge in [-0.15, -0.1) is 11.3 Å². The van der Waals surface area contributed by atoms with Crippen molar-refractivity contribution in [1.82, 2.24) is 4.98 Å². The van der Waals surface area contributed by atoms with Gasteiger partial charge < -0.3 is 4.74 Å². The molecule has 0 N–H and O–H groups in total. The van der Waals surface area contributed by atoms with E-state index in [1.807, 2.05) is 66.0 Å². The van der Waals surface area contributed by atoms with Crippen LogP contribution < -0.4 is 0 Å². The highest BCUT2D eigenvalue weighted by molar-refractivity contribution is 8.01. The number of hydrogen-bond acceptors (Lipinski definition) is 6. The lowest BCUT2D eigenvalue weighted by atomic mass is 10.0. The van der Waals surface area contributed by atoms with Gasteiger partial charge in [0.1, 0.15) is 0 Å². The molecule has 0 saturated heterocycles. The molecule has 1 aromatic heterocycles. The molecule has 3 aromatic rings. The molecule has 0 saturated carbocycles. The Morgan fingerprint density at radius 3 is 2.41 bits per heavy atom.